The highest BCUT2D eigenvalue weighted by Gasteiger charge is 2.16. The molecule has 2 nitrogen and oxygen atoms in total. The van der Waals surface area contributed by atoms with E-state index in [9.17, 15) is 17.7 Å². The zero-order valence-electron chi connectivity index (χ0n) is 7.03. The first-order valence-corrected chi connectivity index (χ1v) is 3.81. The van der Waals surface area contributed by atoms with Gasteiger partial charge >= 0.3 is 6.98 Å². The average Bonchev–Trinajstić information content (AvgIpc) is 2.14. The molecule has 0 aliphatic carbocycles. The molecule has 0 bridgehead atoms. The van der Waals surface area contributed by atoms with Gasteiger partial charge in [0.15, 0.2) is 6.29 Å². The average molecular weight is 200 g/mol. The second-order valence-corrected chi connectivity index (χ2v) is 2.65. The summed E-state index contributed by atoms with van der Waals surface area (Å²) in [5.41, 5.74) is 0.510. The Hall–Kier alpha value is -1.59. The molecular formula is C8H6BF3NO-. The molecule has 0 aromatic carbocycles. The highest BCUT2D eigenvalue weighted by Crippen LogP contribution is 2.12. The maximum atomic E-state index is 11.8. The van der Waals surface area contributed by atoms with Gasteiger partial charge in [0.1, 0.15) is 0 Å². The van der Waals surface area contributed by atoms with Crippen molar-refractivity contribution in [2.45, 2.75) is 0 Å². The number of aldehydes is 1. The van der Waals surface area contributed by atoms with E-state index in [0.717, 1.165) is 6.08 Å². The van der Waals surface area contributed by atoms with Crippen LogP contribution in [0.1, 0.15) is 15.9 Å². The van der Waals surface area contributed by atoms with Gasteiger partial charge in [-0.25, -0.2) is 0 Å². The molecular weight excluding hydrogens is 194 g/mol. The highest BCUT2D eigenvalue weighted by molar-refractivity contribution is 6.64. The van der Waals surface area contributed by atoms with E-state index in [4.69, 9.17) is 0 Å². The van der Waals surface area contributed by atoms with E-state index in [1.165, 1.54) is 18.5 Å². The van der Waals surface area contributed by atoms with Crippen LogP contribution in [0.15, 0.2) is 24.4 Å². The van der Waals surface area contributed by atoms with Crippen molar-refractivity contribution in [1.29, 1.82) is 0 Å². The lowest BCUT2D eigenvalue weighted by Gasteiger charge is -2.05. The number of carbonyl (C=O) groups excluding carboxylic acids is 1. The Labute approximate surface area is 78.5 Å². The summed E-state index contributed by atoms with van der Waals surface area (Å²) in [5.74, 6) is 0.158. The molecule has 0 fully saturated rings. The maximum absolute atomic E-state index is 11.8. The minimum Gasteiger partial charge on any atom is -0.445 e. The molecule has 0 spiro atoms. The van der Waals surface area contributed by atoms with Gasteiger partial charge in [-0.1, -0.05) is 6.08 Å². The Kier molecular flexibility index (Phi) is 3.06. The standard InChI is InChI=1S/C8H6BF3NO/c10-9(11,12)2-1-7-3-8(6-14)5-13-4-7/h1-6H/q-1/b2-1+. The SMILES string of the molecule is O=Cc1cncc(/C=C/[B-](F)(F)F)c1. The van der Waals surface area contributed by atoms with Crippen molar-refractivity contribution in [2.75, 3.05) is 0 Å². The minimum absolute atomic E-state index is 0.158. The Morgan fingerprint density at radius 1 is 1.21 bits per heavy atom. The quantitative estimate of drug-likeness (QED) is 0.553. The van der Waals surface area contributed by atoms with E-state index in [-0.39, 0.29) is 17.1 Å². The molecule has 1 rings (SSSR count). The number of nitrogens with zero attached hydrogens (tertiary/aromatic N) is 1. The molecule has 0 aliphatic rings. The molecule has 74 valence electrons. The number of hydrogen-bond acceptors (Lipinski definition) is 2. The Morgan fingerprint density at radius 2 is 1.86 bits per heavy atom. The van der Waals surface area contributed by atoms with Crippen LogP contribution in [0, 0.1) is 0 Å². The second kappa shape index (κ2) is 4.08. The Morgan fingerprint density at radius 3 is 2.43 bits per heavy atom. The Balaban J connectivity index is 2.87. The molecule has 0 amide bonds. The van der Waals surface area contributed by atoms with Crippen molar-refractivity contribution in [3.8, 4) is 0 Å². The number of aromatic nitrogens is 1. The first kappa shape index (κ1) is 10.5. The monoisotopic (exact) mass is 200 g/mol. The van der Waals surface area contributed by atoms with Crippen LogP contribution in [0.25, 0.3) is 6.08 Å². The summed E-state index contributed by atoms with van der Waals surface area (Å²) >= 11 is 0. The van der Waals surface area contributed by atoms with E-state index >= 15 is 0 Å². The van der Waals surface area contributed by atoms with Gasteiger partial charge in [0.25, 0.3) is 0 Å². The van der Waals surface area contributed by atoms with E-state index < -0.39 is 6.98 Å². The third kappa shape index (κ3) is 3.43. The molecule has 1 heterocycles. The van der Waals surface area contributed by atoms with E-state index in [0.29, 0.717) is 6.29 Å². The molecule has 0 saturated carbocycles. The predicted molar refractivity (Wildman–Crippen MR) is 47.7 cm³/mol. The summed E-state index contributed by atoms with van der Waals surface area (Å²) in [7, 11) is 0. The van der Waals surface area contributed by atoms with Gasteiger partial charge < -0.3 is 12.9 Å². The lowest BCUT2D eigenvalue weighted by atomic mass is 9.91. The van der Waals surface area contributed by atoms with Crippen LogP contribution in [0.4, 0.5) is 12.9 Å². The molecule has 0 aliphatic heterocycles. The second-order valence-electron chi connectivity index (χ2n) is 2.65. The zero-order chi connectivity index (χ0) is 10.6. The molecule has 0 saturated heterocycles. The zero-order valence-corrected chi connectivity index (χ0v) is 7.03. The summed E-state index contributed by atoms with van der Waals surface area (Å²) in [6, 6.07) is 1.33. The number of rotatable bonds is 3. The number of hydrogen-bond donors (Lipinski definition) is 0. The fraction of sp³-hybridized carbons (Fsp3) is 0. The van der Waals surface area contributed by atoms with Crippen LogP contribution in [0.2, 0.25) is 0 Å². The van der Waals surface area contributed by atoms with Gasteiger partial charge in [-0.15, -0.1) is 5.98 Å². The molecule has 1 aromatic rings. The summed E-state index contributed by atoms with van der Waals surface area (Å²) in [5, 5.41) is 0. The van der Waals surface area contributed by atoms with Gasteiger partial charge in [0.05, 0.1) is 0 Å². The van der Waals surface area contributed by atoms with E-state index in [1.54, 1.807) is 0 Å². The van der Waals surface area contributed by atoms with Gasteiger partial charge in [0, 0.05) is 18.0 Å². The normalized spacial score (nSPS) is 11.9. The number of carbonyl (C=O) groups is 1. The topological polar surface area (TPSA) is 30.0 Å². The predicted octanol–water partition coefficient (Wildman–Crippen LogP) is 2.29. The summed E-state index contributed by atoms with van der Waals surface area (Å²) in [6.07, 6.45) is 3.96. The lowest BCUT2D eigenvalue weighted by Crippen LogP contribution is -2.09. The van der Waals surface area contributed by atoms with Crippen molar-refractivity contribution in [1.82, 2.24) is 4.98 Å². The molecule has 0 atom stereocenters. The maximum Gasteiger partial charge on any atom is 0.502 e. The first-order valence-electron chi connectivity index (χ1n) is 3.81. The number of pyridine rings is 1. The molecule has 1 aromatic heterocycles. The molecule has 0 unspecified atom stereocenters. The molecule has 6 heteroatoms. The summed E-state index contributed by atoms with van der Waals surface area (Å²) in [6.45, 7) is -4.94. The fourth-order valence-electron chi connectivity index (χ4n) is 0.852. The van der Waals surface area contributed by atoms with Gasteiger partial charge in [-0.05, 0) is 11.6 Å². The van der Waals surface area contributed by atoms with Gasteiger partial charge in [-0.2, -0.15) is 0 Å². The largest absolute Gasteiger partial charge is 0.502 e. The molecule has 14 heavy (non-hydrogen) atoms. The van der Waals surface area contributed by atoms with E-state index in [2.05, 4.69) is 4.98 Å². The van der Waals surface area contributed by atoms with Gasteiger partial charge in [-0.3, -0.25) is 9.78 Å². The smallest absolute Gasteiger partial charge is 0.445 e. The van der Waals surface area contributed by atoms with Crippen LogP contribution in [-0.2, 0) is 0 Å². The van der Waals surface area contributed by atoms with Crippen molar-refractivity contribution in [3.63, 3.8) is 0 Å². The minimum atomic E-state index is -4.94. The van der Waals surface area contributed by atoms with Crippen LogP contribution >= 0.6 is 0 Å². The van der Waals surface area contributed by atoms with Crippen molar-refractivity contribution < 1.29 is 17.7 Å². The van der Waals surface area contributed by atoms with Crippen molar-refractivity contribution in [3.05, 3.63) is 35.6 Å². The molecule has 0 radical (unpaired) electrons. The van der Waals surface area contributed by atoms with Crippen LogP contribution in [0.5, 0.6) is 0 Å². The Bertz CT molecular complexity index is 362. The number of halogens is 3. The third-order valence-corrected chi connectivity index (χ3v) is 1.42. The third-order valence-electron chi connectivity index (χ3n) is 1.42. The highest BCUT2D eigenvalue weighted by atomic mass is 19.4. The van der Waals surface area contributed by atoms with Crippen LogP contribution < -0.4 is 0 Å². The fourth-order valence-corrected chi connectivity index (χ4v) is 0.852. The van der Waals surface area contributed by atoms with Crippen LogP contribution in [-0.4, -0.2) is 18.2 Å². The summed E-state index contributed by atoms with van der Waals surface area (Å²) in [4.78, 5) is 13.9. The van der Waals surface area contributed by atoms with Gasteiger partial charge in [0.2, 0.25) is 0 Å². The van der Waals surface area contributed by atoms with Crippen LogP contribution in [0.3, 0.4) is 0 Å². The van der Waals surface area contributed by atoms with Crippen molar-refractivity contribution in [2.24, 2.45) is 0 Å². The summed E-state index contributed by atoms with van der Waals surface area (Å²) < 4.78 is 35.4. The van der Waals surface area contributed by atoms with Crippen molar-refractivity contribution >= 4 is 19.3 Å². The van der Waals surface area contributed by atoms with E-state index in [1.807, 2.05) is 0 Å². The molecule has 0 N–H and O–H groups in total. The first-order chi connectivity index (χ1) is 6.51. The lowest BCUT2D eigenvalue weighted by molar-refractivity contribution is 0.112.